The van der Waals surface area contributed by atoms with E-state index >= 15 is 0 Å². The minimum Gasteiger partial charge on any atom is -0.325 e. The molecule has 1 aromatic rings. The van der Waals surface area contributed by atoms with Crippen LogP contribution in [0, 0.1) is 11.8 Å². The summed E-state index contributed by atoms with van der Waals surface area (Å²) in [5.74, 6) is 1.55. The predicted octanol–water partition coefficient (Wildman–Crippen LogP) is 4.14. The molecule has 0 spiro atoms. The summed E-state index contributed by atoms with van der Waals surface area (Å²) in [6.45, 7) is 11.3. The minimum absolute atomic E-state index is 0.0288. The van der Waals surface area contributed by atoms with E-state index in [-0.39, 0.29) is 11.0 Å². The number of thiazole rings is 1. The van der Waals surface area contributed by atoms with Gasteiger partial charge >= 0.3 is 0 Å². The topological polar surface area (TPSA) is 38.9 Å². The molecule has 0 aliphatic heterocycles. The molecule has 1 aliphatic rings. The van der Waals surface area contributed by atoms with Crippen molar-refractivity contribution in [1.29, 1.82) is 0 Å². The van der Waals surface area contributed by atoms with Crippen LogP contribution in [0.25, 0.3) is 0 Å². The smallest absolute Gasteiger partial charge is 0.0946 e. The summed E-state index contributed by atoms with van der Waals surface area (Å²) in [5, 5.41) is 3.42. The van der Waals surface area contributed by atoms with Crippen molar-refractivity contribution < 1.29 is 0 Å². The Hall–Kier alpha value is -0.410. The third-order valence-corrected chi connectivity index (χ3v) is 5.47. The standard InChI is InChI=1S/C16H28N2S/c1-11-6-7-16(17,8-12(11)2)9-14-18-13(10-19-14)15(3,4)5/h10-12H,6-9,17H2,1-5H3. The van der Waals surface area contributed by atoms with E-state index in [0.717, 1.165) is 31.1 Å². The van der Waals surface area contributed by atoms with Crippen LogP contribution < -0.4 is 5.73 Å². The zero-order chi connectivity index (χ0) is 14.3. The van der Waals surface area contributed by atoms with Crippen molar-refractivity contribution in [3.8, 4) is 0 Å². The molecule has 1 saturated carbocycles. The molecule has 108 valence electrons. The van der Waals surface area contributed by atoms with Gasteiger partial charge in [0.15, 0.2) is 0 Å². The van der Waals surface area contributed by atoms with Gasteiger partial charge in [-0.2, -0.15) is 0 Å². The Morgan fingerprint density at radius 2 is 2.05 bits per heavy atom. The van der Waals surface area contributed by atoms with Crippen molar-refractivity contribution in [2.45, 2.75) is 71.3 Å². The van der Waals surface area contributed by atoms with Crippen molar-refractivity contribution >= 4 is 11.3 Å². The molecule has 0 saturated heterocycles. The monoisotopic (exact) mass is 280 g/mol. The van der Waals surface area contributed by atoms with Crippen LogP contribution in [0.2, 0.25) is 0 Å². The molecule has 3 atom stereocenters. The summed E-state index contributed by atoms with van der Waals surface area (Å²) in [5.41, 5.74) is 7.95. The van der Waals surface area contributed by atoms with Crippen LogP contribution in [0.4, 0.5) is 0 Å². The highest BCUT2D eigenvalue weighted by Gasteiger charge is 2.35. The maximum absolute atomic E-state index is 6.63. The first kappa shape index (κ1) is 15.0. The Morgan fingerprint density at radius 3 is 2.58 bits per heavy atom. The zero-order valence-electron chi connectivity index (χ0n) is 13.0. The second-order valence-corrected chi connectivity index (χ2v) is 8.56. The Kier molecular flexibility index (Phi) is 4.08. The molecule has 1 fully saturated rings. The van der Waals surface area contributed by atoms with Crippen molar-refractivity contribution in [1.82, 2.24) is 4.98 Å². The Bertz CT molecular complexity index is 432. The quantitative estimate of drug-likeness (QED) is 0.884. The van der Waals surface area contributed by atoms with Gasteiger partial charge in [0.05, 0.1) is 10.7 Å². The number of rotatable bonds is 2. The molecule has 0 radical (unpaired) electrons. The van der Waals surface area contributed by atoms with E-state index in [0.29, 0.717) is 0 Å². The third-order valence-electron chi connectivity index (χ3n) is 4.62. The fraction of sp³-hybridized carbons (Fsp3) is 0.812. The largest absolute Gasteiger partial charge is 0.325 e. The molecule has 2 rings (SSSR count). The number of hydrogen-bond donors (Lipinski definition) is 1. The van der Waals surface area contributed by atoms with Crippen LogP contribution in [0.5, 0.6) is 0 Å². The molecule has 0 bridgehead atoms. The number of nitrogens with zero attached hydrogens (tertiary/aromatic N) is 1. The maximum atomic E-state index is 6.63. The second-order valence-electron chi connectivity index (χ2n) is 7.61. The molecular formula is C16H28N2S. The first-order valence-electron chi connectivity index (χ1n) is 7.43. The van der Waals surface area contributed by atoms with E-state index in [9.17, 15) is 0 Å². The van der Waals surface area contributed by atoms with Gasteiger partial charge in [-0.15, -0.1) is 11.3 Å². The molecule has 1 aliphatic carbocycles. The van der Waals surface area contributed by atoms with Gasteiger partial charge in [0, 0.05) is 22.8 Å². The van der Waals surface area contributed by atoms with Gasteiger partial charge in [-0.25, -0.2) is 4.98 Å². The molecule has 3 heteroatoms. The average Bonchev–Trinajstić information content (AvgIpc) is 2.72. The second kappa shape index (κ2) is 5.17. The first-order chi connectivity index (χ1) is 8.70. The molecule has 19 heavy (non-hydrogen) atoms. The Labute approximate surface area is 121 Å². The van der Waals surface area contributed by atoms with Crippen LogP contribution in [-0.2, 0) is 11.8 Å². The lowest BCUT2D eigenvalue weighted by molar-refractivity contribution is 0.175. The van der Waals surface area contributed by atoms with Crippen LogP contribution >= 0.6 is 11.3 Å². The third kappa shape index (κ3) is 3.57. The van der Waals surface area contributed by atoms with Gasteiger partial charge in [0.2, 0.25) is 0 Å². The van der Waals surface area contributed by atoms with Crippen molar-refractivity contribution in [3.05, 3.63) is 16.1 Å². The zero-order valence-corrected chi connectivity index (χ0v) is 13.8. The SMILES string of the molecule is CC1CCC(N)(Cc2nc(C(C)(C)C)cs2)CC1C. The van der Waals surface area contributed by atoms with E-state index in [2.05, 4.69) is 40.0 Å². The molecule has 0 aromatic carbocycles. The van der Waals surface area contributed by atoms with Crippen molar-refractivity contribution in [2.75, 3.05) is 0 Å². The van der Waals surface area contributed by atoms with Crippen molar-refractivity contribution in [2.24, 2.45) is 17.6 Å². The summed E-state index contributed by atoms with van der Waals surface area (Å²) in [6.07, 6.45) is 4.49. The molecule has 2 nitrogen and oxygen atoms in total. The van der Waals surface area contributed by atoms with Gasteiger partial charge < -0.3 is 5.73 Å². The Morgan fingerprint density at radius 1 is 1.37 bits per heavy atom. The maximum Gasteiger partial charge on any atom is 0.0946 e. The van der Waals surface area contributed by atoms with E-state index in [1.807, 2.05) is 0 Å². The van der Waals surface area contributed by atoms with Crippen LogP contribution in [0.1, 0.15) is 64.6 Å². The van der Waals surface area contributed by atoms with Gasteiger partial charge in [-0.05, 0) is 31.1 Å². The molecule has 1 aromatic heterocycles. The molecular weight excluding hydrogens is 252 g/mol. The summed E-state index contributed by atoms with van der Waals surface area (Å²) >= 11 is 1.78. The highest BCUT2D eigenvalue weighted by molar-refractivity contribution is 7.09. The normalized spacial score (nSPS) is 32.5. The summed E-state index contributed by atoms with van der Waals surface area (Å²) in [4.78, 5) is 4.80. The fourth-order valence-corrected chi connectivity index (χ4v) is 4.12. The minimum atomic E-state index is -0.0288. The predicted molar refractivity (Wildman–Crippen MR) is 83.6 cm³/mol. The summed E-state index contributed by atoms with van der Waals surface area (Å²) in [6, 6.07) is 0. The average molecular weight is 280 g/mol. The number of hydrogen-bond acceptors (Lipinski definition) is 3. The highest BCUT2D eigenvalue weighted by Crippen LogP contribution is 2.37. The van der Waals surface area contributed by atoms with E-state index in [1.54, 1.807) is 11.3 Å². The lowest BCUT2D eigenvalue weighted by Gasteiger charge is -2.39. The number of nitrogens with two attached hydrogens (primary N) is 1. The fourth-order valence-electron chi connectivity index (χ4n) is 2.94. The van der Waals surface area contributed by atoms with Crippen LogP contribution in [0.15, 0.2) is 5.38 Å². The van der Waals surface area contributed by atoms with E-state index < -0.39 is 0 Å². The van der Waals surface area contributed by atoms with Gasteiger partial charge in [0.1, 0.15) is 0 Å². The molecule has 0 amide bonds. The summed E-state index contributed by atoms with van der Waals surface area (Å²) < 4.78 is 0. The van der Waals surface area contributed by atoms with Crippen LogP contribution in [-0.4, -0.2) is 10.5 Å². The summed E-state index contributed by atoms with van der Waals surface area (Å²) in [7, 11) is 0. The van der Waals surface area contributed by atoms with E-state index in [1.165, 1.54) is 17.1 Å². The van der Waals surface area contributed by atoms with Crippen LogP contribution in [0.3, 0.4) is 0 Å². The van der Waals surface area contributed by atoms with Gasteiger partial charge in [-0.3, -0.25) is 0 Å². The van der Waals surface area contributed by atoms with Gasteiger partial charge in [-0.1, -0.05) is 34.6 Å². The Balaban J connectivity index is 2.06. The molecule has 2 N–H and O–H groups in total. The van der Waals surface area contributed by atoms with E-state index in [4.69, 9.17) is 10.7 Å². The van der Waals surface area contributed by atoms with Gasteiger partial charge in [0.25, 0.3) is 0 Å². The molecule has 3 unspecified atom stereocenters. The first-order valence-corrected chi connectivity index (χ1v) is 8.31. The highest BCUT2D eigenvalue weighted by atomic mass is 32.1. The molecule has 1 heterocycles. The van der Waals surface area contributed by atoms with Crippen molar-refractivity contribution in [3.63, 3.8) is 0 Å². The number of aromatic nitrogens is 1. The lowest BCUT2D eigenvalue weighted by atomic mass is 9.70. The lowest BCUT2D eigenvalue weighted by Crippen LogP contribution is -2.47.